The van der Waals surface area contributed by atoms with E-state index in [4.69, 9.17) is 10.8 Å². The summed E-state index contributed by atoms with van der Waals surface area (Å²) < 4.78 is 0. The lowest BCUT2D eigenvalue weighted by atomic mass is 10.1. The first-order valence-corrected chi connectivity index (χ1v) is 4.64. The molecule has 0 radical (unpaired) electrons. The summed E-state index contributed by atoms with van der Waals surface area (Å²) in [7, 11) is 0. The molecule has 1 atom stereocenters. The quantitative estimate of drug-likeness (QED) is 0.638. The van der Waals surface area contributed by atoms with Crippen LogP contribution in [0.3, 0.4) is 0 Å². The predicted octanol–water partition coefficient (Wildman–Crippen LogP) is 0.489. The van der Waals surface area contributed by atoms with Crippen LogP contribution < -0.4 is 11.1 Å². The summed E-state index contributed by atoms with van der Waals surface area (Å²) in [6.45, 7) is 3.06. The number of aliphatic hydroxyl groups excluding tert-OH is 1. The highest BCUT2D eigenvalue weighted by atomic mass is 16.3. The van der Waals surface area contributed by atoms with E-state index >= 15 is 0 Å². The lowest BCUT2D eigenvalue weighted by Crippen LogP contribution is -2.13. The van der Waals surface area contributed by atoms with Gasteiger partial charge in [0.2, 0.25) is 0 Å². The summed E-state index contributed by atoms with van der Waals surface area (Å²) >= 11 is 0. The molecule has 0 aliphatic carbocycles. The van der Waals surface area contributed by atoms with Gasteiger partial charge in [-0.1, -0.05) is 6.92 Å². The van der Waals surface area contributed by atoms with Crippen molar-refractivity contribution in [1.29, 1.82) is 0 Å². The fourth-order valence-corrected chi connectivity index (χ4v) is 1.03. The molecule has 0 amide bonds. The second-order valence-electron chi connectivity index (χ2n) is 3.32. The fourth-order valence-electron chi connectivity index (χ4n) is 1.03. The second-order valence-corrected chi connectivity index (χ2v) is 3.32. The Labute approximate surface area is 83.4 Å². The van der Waals surface area contributed by atoms with Crippen LogP contribution in [0.2, 0.25) is 0 Å². The minimum atomic E-state index is 0.219. The van der Waals surface area contributed by atoms with Crippen molar-refractivity contribution in [2.24, 2.45) is 5.92 Å². The molecule has 5 heteroatoms. The maximum absolute atomic E-state index is 8.70. The SMILES string of the molecule is CC(CCO)CNc1cnc(N)cn1. The Kier molecular flexibility index (Phi) is 4.12. The van der Waals surface area contributed by atoms with Crippen LogP contribution in [0.1, 0.15) is 13.3 Å². The van der Waals surface area contributed by atoms with E-state index in [0.717, 1.165) is 13.0 Å². The predicted molar refractivity (Wildman–Crippen MR) is 55.8 cm³/mol. The van der Waals surface area contributed by atoms with Crippen molar-refractivity contribution in [1.82, 2.24) is 9.97 Å². The number of aliphatic hydroxyl groups is 1. The first kappa shape index (κ1) is 10.7. The maximum Gasteiger partial charge on any atom is 0.144 e. The Hall–Kier alpha value is -1.36. The second kappa shape index (κ2) is 5.39. The standard InChI is InChI=1S/C9H16N4O/c1-7(2-3-14)4-12-9-6-11-8(10)5-13-9/h5-7,14H,2-4H2,1H3,(H2,10,11)(H,12,13). The topological polar surface area (TPSA) is 84.1 Å². The highest BCUT2D eigenvalue weighted by Gasteiger charge is 2.01. The van der Waals surface area contributed by atoms with Crippen molar-refractivity contribution in [2.75, 3.05) is 24.2 Å². The molecule has 1 aromatic rings. The molecule has 4 N–H and O–H groups in total. The highest BCUT2D eigenvalue weighted by molar-refractivity contribution is 5.35. The van der Waals surface area contributed by atoms with Crippen molar-refractivity contribution in [2.45, 2.75) is 13.3 Å². The van der Waals surface area contributed by atoms with Crippen LogP contribution in [-0.2, 0) is 0 Å². The molecule has 1 heterocycles. The lowest BCUT2D eigenvalue weighted by Gasteiger charge is -2.10. The number of hydrogen-bond donors (Lipinski definition) is 3. The molecule has 1 unspecified atom stereocenters. The van der Waals surface area contributed by atoms with Gasteiger partial charge < -0.3 is 16.2 Å². The molecular formula is C9H16N4O. The number of rotatable bonds is 5. The van der Waals surface area contributed by atoms with Crippen LogP contribution in [0.5, 0.6) is 0 Å². The van der Waals surface area contributed by atoms with Gasteiger partial charge in [0.05, 0.1) is 12.4 Å². The normalized spacial score (nSPS) is 12.4. The summed E-state index contributed by atoms with van der Waals surface area (Å²) in [5, 5.41) is 11.8. The first-order chi connectivity index (χ1) is 6.72. The number of aromatic nitrogens is 2. The minimum Gasteiger partial charge on any atom is -0.396 e. The Bertz CT molecular complexity index is 262. The van der Waals surface area contributed by atoms with Gasteiger partial charge in [-0.2, -0.15) is 0 Å². The molecule has 5 nitrogen and oxygen atoms in total. The molecule has 0 bridgehead atoms. The zero-order valence-corrected chi connectivity index (χ0v) is 8.27. The molecule has 0 spiro atoms. The summed E-state index contributed by atoms with van der Waals surface area (Å²) in [5.74, 6) is 1.54. The summed E-state index contributed by atoms with van der Waals surface area (Å²) in [4.78, 5) is 7.96. The van der Waals surface area contributed by atoms with Crippen LogP contribution in [0.4, 0.5) is 11.6 Å². The highest BCUT2D eigenvalue weighted by Crippen LogP contribution is 2.05. The number of anilines is 2. The molecule has 1 aromatic heterocycles. The average molecular weight is 196 g/mol. The van der Waals surface area contributed by atoms with E-state index in [1.165, 1.54) is 6.20 Å². The van der Waals surface area contributed by atoms with Crippen LogP contribution in [0.25, 0.3) is 0 Å². The van der Waals surface area contributed by atoms with Gasteiger partial charge in [-0.3, -0.25) is 0 Å². The monoisotopic (exact) mass is 196 g/mol. The van der Waals surface area contributed by atoms with Crippen molar-refractivity contribution in [3.05, 3.63) is 12.4 Å². The molecule has 14 heavy (non-hydrogen) atoms. The maximum atomic E-state index is 8.70. The Balaban J connectivity index is 2.34. The van der Waals surface area contributed by atoms with E-state index in [0.29, 0.717) is 17.6 Å². The zero-order valence-electron chi connectivity index (χ0n) is 8.27. The molecular weight excluding hydrogens is 180 g/mol. The number of hydrogen-bond acceptors (Lipinski definition) is 5. The summed E-state index contributed by atoms with van der Waals surface area (Å²) in [5.41, 5.74) is 5.40. The lowest BCUT2D eigenvalue weighted by molar-refractivity contribution is 0.266. The van der Waals surface area contributed by atoms with E-state index in [1.54, 1.807) is 6.20 Å². The molecule has 0 fully saturated rings. The van der Waals surface area contributed by atoms with Crippen LogP contribution in [0.15, 0.2) is 12.4 Å². The van der Waals surface area contributed by atoms with E-state index in [9.17, 15) is 0 Å². The molecule has 0 saturated carbocycles. The van der Waals surface area contributed by atoms with Gasteiger partial charge in [0.15, 0.2) is 0 Å². The number of nitrogens with two attached hydrogens (primary N) is 1. The fraction of sp³-hybridized carbons (Fsp3) is 0.556. The van der Waals surface area contributed by atoms with Crippen LogP contribution >= 0.6 is 0 Å². The molecule has 0 aliphatic heterocycles. The van der Waals surface area contributed by atoms with E-state index in [-0.39, 0.29) is 6.61 Å². The van der Waals surface area contributed by atoms with Crippen molar-refractivity contribution in [3.8, 4) is 0 Å². The minimum absolute atomic E-state index is 0.219. The Morgan fingerprint density at radius 2 is 2.29 bits per heavy atom. The van der Waals surface area contributed by atoms with Crippen molar-refractivity contribution >= 4 is 11.6 Å². The molecule has 0 saturated heterocycles. The summed E-state index contributed by atoms with van der Waals surface area (Å²) in [6.07, 6.45) is 3.90. The third kappa shape index (κ3) is 3.57. The summed E-state index contributed by atoms with van der Waals surface area (Å²) in [6, 6.07) is 0. The molecule has 78 valence electrons. The smallest absolute Gasteiger partial charge is 0.144 e. The van der Waals surface area contributed by atoms with Gasteiger partial charge in [-0.25, -0.2) is 9.97 Å². The van der Waals surface area contributed by atoms with Gasteiger partial charge in [0.1, 0.15) is 11.6 Å². The number of nitrogen functional groups attached to an aromatic ring is 1. The molecule has 1 rings (SSSR count). The van der Waals surface area contributed by atoms with Crippen LogP contribution in [0, 0.1) is 5.92 Å². The van der Waals surface area contributed by atoms with Gasteiger partial charge in [0, 0.05) is 13.2 Å². The molecule has 0 aliphatic rings. The number of nitrogens with zero attached hydrogens (tertiary/aromatic N) is 2. The third-order valence-corrected chi connectivity index (χ3v) is 1.93. The third-order valence-electron chi connectivity index (χ3n) is 1.93. The van der Waals surface area contributed by atoms with Gasteiger partial charge in [-0.15, -0.1) is 0 Å². The van der Waals surface area contributed by atoms with Crippen LogP contribution in [-0.4, -0.2) is 28.2 Å². The van der Waals surface area contributed by atoms with Gasteiger partial charge in [-0.05, 0) is 12.3 Å². The van der Waals surface area contributed by atoms with E-state index < -0.39 is 0 Å². The van der Waals surface area contributed by atoms with Gasteiger partial charge >= 0.3 is 0 Å². The van der Waals surface area contributed by atoms with E-state index in [2.05, 4.69) is 22.2 Å². The van der Waals surface area contributed by atoms with E-state index in [1.807, 2.05) is 0 Å². The molecule has 0 aromatic carbocycles. The van der Waals surface area contributed by atoms with Crippen molar-refractivity contribution in [3.63, 3.8) is 0 Å². The van der Waals surface area contributed by atoms with Gasteiger partial charge in [0.25, 0.3) is 0 Å². The Morgan fingerprint density at radius 3 is 2.86 bits per heavy atom. The van der Waals surface area contributed by atoms with Crippen molar-refractivity contribution < 1.29 is 5.11 Å². The number of nitrogens with one attached hydrogen (secondary N) is 1. The first-order valence-electron chi connectivity index (χ1n) is 4.64. The largest absolute Gasteiger partial charge is 0.396 e. The Morgan fingerprint density at radius 1 is 1.50 bits per heavy atom. The average Bonchev–Trinajstić information content (AvgIpc) is 2.17. The zero-order chi connectivity index (χ0) is 10.4.